The molecule has 3 heterocycles. The Morgan fingerprint density at radius 3 is 2.96 bits per heavy atom. The summed E-state index contributed by atoms with van der Waals surface area (Å²) < 4.78 is 2.23. The third-order valence-electron chi connectivity index (χ3n) is 5.99. The molecule has 1 aromatic heterocycles. The largest absolute Gasteiger partial charge is 0.332 e. The molecular weight excluding hydrogens is 312 g/mol. The quantitative estimate of drug-likeness (QED) is 0.938. The third-order valence-corrected chi connectivity index (χ3v) is 5.99. The van der Waals surface area contributed by atoms with E-state index in [1.807, 2.05) is 13.1 Å². The lowest BCUT2D eigenvalue weighted by Gasteiger charge is -2.24. The smallest absolute Gasteiger partial charge is 0.227 e. The van der Waals surface area contributed by atoms with Crippen LogP contribution in [0.25, 0.3) is 0 Å². The number of rotatable bonds is 3. The Labute approximate surface area is 148 Å². The molecule has 130 valence electrons. The molecular formula is C20H24N4O. The first-order valence-electron chi connectivity index (χ1n) is 9.36. The highest BCUT2D eigenvalue weighted by Gasteiger charge is 2.34. The molecule has 0 bridgehead atoms. The van der Waals surface area contributed by atoms with Gasteiger partial charge in [0.2, 0.25) is 5.91 Å². The van der Waals surface area contributed by atoms with Crippen LogP contribution in [0.2, 0.25) is 0 Å². The van der Waals surface area contributed by atoms with Gasteiger partial charge in [0.25, 0.3) is 0 Å². The van der Waals surface area contributed by atoms with E-state index in [9.17, 15) is 4.79 Å². The van der Waals surface area contributed by atoms with E-state index in [1.54, 1.807) is 0 Å². The molecule has 1 aliphatic carbocycles. The molecule has 0 saturated heterocycles. The number of hydrogen-bond acceptors (Lipinski definition) is 3. The number of fused-ring (bicyclic) bond motifs is 2. The Hall–Kier alpha value is -2.14. The van der Waals surface area contributed by atoms with Gasteiger partial charge in [-0.3, -0.25) is 9.69 Å². The lowest BCUT2D eigenvalue weighted by Crippen LogP contribution is -2.30. The average Bonchev–Trinajstić information content (AvgIpc) is 3.28. The number of anilines is 1. The first-order chi connectivity index (χ1) is 12.2. The van der Waals surface area contributed by atoms with Crippen molar-refractivity contribution in [1.29, 1.82) is 0 Å². The molecule has 1 fully saturated rings. The van der Waals surface area contributed by atoms with Crippen LogP contribution in [0, 0.1) is 12.8 Å². The molecule has 1 amide bonds. The van der Waals surface area contributed by atoms with Crippen molar-refractivity contribution in [3.63, 3.8) is 0 Å². The Bertz CT molecular complexity index is 836. The standard InChI is InChI=1S/C20H24N4O/c1-13-21-10-17-9-14(7-8-24(13)17)20(25)22-19-4-2-3-15-11-23(12-18(15)19)16-5-6-16/h2-4,10,14,16H,5-9,11-12H2,1H3,(H,22,25). The number of aromatic nitrogens is 2. The molecule has 5 rings (SSSR count). The van der Waals surface area contributed by atoms with Crippen LogP contribution in [0.1, 0.15) is 41.9 Å². The molecule has 1 atom stereocenters. The summed E-state index contributed by atoms with van der Waals surface area (Å²) in [6.07, 6.45) is 6.24. The third kappa shape index (κ3) is 2.67. The van der Waals surface area contributed by atoms with E-state index in [2.05, 4.69) is 38.0 Å². The van der Waals surface area contributed by atoms with Gasteiger partial charge in [0.1, 0.15) is 5.82 Å². The van der Waals surface area contributed by atoms with Crippen LogP contribution in [0.5, 0.6) is 0 Å². The minimum atomic E-state index is 0.0420. The van der Waals surface area contributed by atoms with Gasteiger partial charge >= 0.3 is 0 Å². The molecule has 1 saturated carbocycles. The highest BCUT2D eigenvalue weighted by atomic mass is 16.1. The zero-order valence-electron chi connectivity index (χ0n) is 14.7. The normalized spacial score (nSPS) is 22.5. The van der Waals surface area contributed by atoms with E-state index < -0.39 is 0 Å². The summed E-state index contributed by atoms with van der Waals surface area (Å²) in [6, 6.07) is 7.10. The summed E-state index contributed by atoms with van der Waals surface area (Å²) in [5.74, 6) is 1.25. The maximum absolute atomic E-state index is 12.9. The molecule has 1 aromatic carbocycles. The van der Waals surface area contributed by atoms with Gasteiger partial charge in [0, 0.05) is 55.6 Å². The number of nitrogens with zero attached hydrogens (tertiary/aromatic N) is 3. The Balaban J connectivity index is 1.32. The zero-order chi connectivity index (χ0) is 17.0. The fraction of sp³-hybridized carbons (Fsp3) is 0.500. The Kier molecular flexibility index (Phi) is 3.45. The van der Waals surface area contributed by atoms with E-state index in [-0.39, 0.29) is 11.8 Å². The lowest BCUT2D eigenvalue weighted by molar-refractivity contribution is -0.120. The molecule has 2 aliphatic heterocycles. The van der Waals surface area contributed by atoms with Crippen LogP contribution < -0.4 is 5.32 Å². The van der Waals surface area contributed by atoms with Gasteiger partial charge in [-0.25, -0.2) is 4.98 Å². The molecule has 3 aliphatic rings. The van der Waals surface area contributed by atoms with Gasteiger partial charge < -0.3 is 9.88 Å². The number of carbonyl (C=O) groups excluding carboxylic acids is 1. The summed E-state index contributed by atoms with van der Waals surface area (Å²) in [6.45, 7) is 4.93. The molecule has 2 aromatic rings. The molecule has 0 radical (unpaired) electrons. The highest BCUT2D eigenvalue weighted by molar-refractivity contribution is 5.93. The second-order valence-corrected chi connectivity index (χ2v) is 7.71. The van der Waals surface area contributed by atoms with Crippen molar-refractivity contribution in [2.45, 2.75) is 58.3 Å². The number of hydrogen-bond donors (Lipinski definition) is 1. The number of aryl methyl sites for hydroxylation is 1. The monoisotopic (exact) mass is 336 g/mol. The van der Waals surface area contributed by atoms with Crippen molar-refractivity contribution in [1.82, 2.24) is 14.5 Å². The van der Waals surface area contributed by atoms with Crippen LogP contribution in [0.3, 0.4) is 0 Å². The van der Waals surface area contributed by atoms with Crippen LogP contribution in [0.4, 0.5) is 5.69 Å². The van der Waals surface area contributed by atoms with Crippen LogP contribution in [-0.2, 0) is 30.8 Å². The molecule has 5 heteroatoms. The first-order valence-corrected chi connectivity index (χ1v) is 9.36. The first kappa shape index (κ1) is 15.1. The Morgan fingerprint density at radius 1 is 1.24 bits per heavy atom. The van der Waals surface area contributed by atoms with Crippen molar-refractivity contribution >= 4 is 11.6 Å². The summed E-state index contributed by atoms with van der Waals surface area (Å²) in [7, 11) is 0. The van der Waals surface area contributed by atoms with Gasteiger partial charge in [-0.1, -0.05) is 12.1 Å². The topological polar surface area (TPSA) is 50.2 Å². The number of benzene rings is 1. The molecule has 1 N–H and O–H groups in total. The minimum Gasteiger partial charge on any atom is -0.332 e. The van der Waals surface area contributed by atoms with Crippen molar-refractivity contribution in [2.24, 2.45) is 5.92 Å². The molecule has 5 nitrogen and oxygen atoms in total. The molecule has 25 heavy (non-hydrogen) atoms. The SMILES string of the molecule is Cc1ncc2n1CCC(C(=O)Nc1cccc3c1CN(C1CC1)C3)C2. The van der Waals surface area contributed by atoms with E-state index in [4.69, 9.17) is 0 Å². The lowest BCUT2D eigenvalue weighted by atomic mass is 9.95. The van der Waals surface area contributed by atoms with E-state index in [1.165, 1.54) is 29.7 Å². The predicted octanol–water partition coefficient (Wildman–Crippen LogP) is 2.87. The van der Waals surface area contributed by atoms with Gasteiger partial charge in [-0.15, -0.1) is 0 Å². The maximum Gasteiger partial charge on any atom is 0.227 e. The van der Waals surface area contributed by atoms with Gasteiger partial charge in [-0.05, 0) is 43.4 Å². The van der Waals surface area contributed by atoms with Gasteiger partial charge in [0.05, 0.1) is 0 Å². The highest BCUT2D eigenvalue weighted by Crippen LogP contribution is 2.37. The van der Waals surface area contributed by atoms with Gasteiger partial charge in [-0.2, -0.15) is 0 Å². The van der Waals surface area contributed by atoms with Crippen molar-refractivity contribution in [2.75, 3.05) is 5.32 Å². The number of carbonyl (C=O) groups is 1. The van der Waals surface area contributed by atoms with E-state index >= 15 is 0 Å². The van der Waals surface area contributed by atoms with Crippen molar-refractivity contribution < 1.29 is 4.79 Å². The summed E-state index contributed by atoms with van der Waals surface area (Å²) in [5, 5.41) is 3.23. The van der Waals surface area contributed by atoms with Crippen LogP contribution >= 0.6 is 0 Å². The Morgan fingerprint density at radius 2 is 2.12 bits per heavy atom. The van der Waals surface area contributed by atoms with E-state index in [0.717, 1.165) is 50.0 Å². The molecule has 0 spiro atoms. The number of nitrogens with one attached hydrogen (secondary N) is 1. The maximum atomic E-state index is 12.9. The summed E-state index contributed by atoms with van der Waals surface area (Å²) in [4.78, 5) is 19.8. The summed E-state index contributed by atoms with van der Waals surface area (Å²) in [5.41, 5.74) is 4.89. The summed E-state index contributed by atoms with van der Waals surface area (Å²) >= 11 is 0. The van der Waals surface area contributed by atoms with Crippen LogP contribution in [0.15, 0.2) is 24.4 Å². The zero-order valence-corrected chi connectivity index (χ0v) is 14.7. The van der Waals surface area contributed by atoms with Crippen molar-refractivity contribution in [3.8, 4) is 0 Å². The number of amides is 1. The van der Waals surface area contributed by atoms with Gasteiger partial charge in [0.15, 0.2) is 0 Å². The number of imidazole rings is 1. The van der Waals surface area contributed by atoms with Crippen molar-refractivity contribution in [3.05, 3.63) is 47.0 Å². The second kappa shape index (κ2) is 5.70. The van der Waals surface area contributed by atoms with Crippen LogP contribution in [-0.4, -0.2) is 26.4 Å². The fourth-order valence-electron chi connectivity index (χ4n) is 4.34. The molecule has 1 unspecified atom stereocenters. The predicted molar refractivity (Wildman–Crippen MR) is 96.1 cm³/mol. The minimum absolute atomic E-state index is 0.0420. The second-order valence-electron chi connectivity index (χ2n) is 7.71. The average molecular weight is 336 g/mol. The fourth-order valence-corrected chi connectivity index (χ4v) is 4.34. The van der Waals surface area contributed by atoms with E-state index in [0.29, 0.717) is 0 Å².